The molecule has 0 aliphatic heterocycles. The van der Waals surface area contributed by atoms with E-state index < -0.39 is 64.7 Å². The van der Waals surface area contributed by atoms with Crippen LogP contribution in [0.25, 0.3) is 10.9 Å². The number of carboxylic acid groups (broad SMARTS) is 2. The largest absolute Gasteiger partial charge is 0.475 e. The van der Waals surface area contributed by atoms with Gasteiger partial charge in [-0.05, 0) is 35.9 Å². The maximum atomic E-state index is 13.3. The Hall–Kier alpha value is -4.80. The Kier molecular flexibility index (Phi) is 7.09. The fourth-order valence-electron chi connectivity index (χ4n) is 3.33. The number of carboxylic acids is 2. The Morgan fingerprint density at radius 2 is 1.37 bits per heavy atom. The molecular weight excluding hydrogens is 465 g/mol. The average molecular weight is 481 g/mol. The molecule has 0 bridgehead atoms. The van der Waals surface area contributed by atoms with Gasteiger partial charge in [-0.1, -0.05) is 12.1 Å². The molecule has 1 aromatic heterocycles. The molecule has 0 radical (unpaired) electrons. The highest BCUT2D eigenvalue weighted by Crippen LogP contribution is 2.19. The third-order valence-electron chi connectivity index (χ3n) is 5.09. The summed E-state index contributed by atoms with van der Waals surface area (Å²) in [5.41, 5.74) is -0.757. The zero-order valence-corrected chi connectivity index (χ0v) is 17.8. The van der Waals surface area contributed by atoms with Crippen LogP contribution in [0, 0.1) is 5.82 Å². The minimum atomic E-state index is -1.85. The van der Waals surface area contributed by atoms with Crippen LogP contribution < -0.4 is 5.43 Å². The van der Waals surface area contributed by atoms with Crippen molar-refractivity contribution in [2.24, 2.45) is 0 Å². The Bertz CT molecular complexity index is 1470. The molecule has 0 saturated carbocycles. The highest BCUT2D eigenvalue weighted by molar-refractivity contribution is 6.38. The molecule has 0 saturated heterocycles. The number of nitrogens with zero attached hydrogens (tertiary/aromatic N) is 1. The molecule has 0 aliphatic carbocycles. The number of halogens is 1. The molecule has 1 heterocycles. The number of ketones is 4. The van der Waals surface area contributed by atoms with Crippen molar-refractivity contribution in [2.75, 3.05) is 0 Å². The topological polar surface area (TPSA) is 165 Å². The van der Waals surface area contributed by atoms with Crippen LogP contribution in [-0.4, -0.2) is 49.9 Å². The minimum absolute atomic E-state index is 0.0367. The van der Waals surface area contributed by atoms with Gasteiger partial charge in [0.05, 0.1) is 23.9 Å². The number of fused-ring (bicyclic) bond motifs is 1. The van der Waals surface area contributed by atoms with E-state index in [2.05, 4.69) is 0 Å². The van der Waals surface area contributed by atoms with Gasteiger partial charge in [-0.15, -0.1) is 0 Å². The average Bonchev–Trinajstić information content (AvgIpc) is 2.81. The summed E-state index contributed by atoms with van der Waals surface area (Å²) in [4.78, 5) is 82.5. The fraction of sp³-hybridized carbons (Fsp3) is 0.125. The van der Waals surface area contributed by atoms with Crippen molar-refractivity contribution in [1.82, 2.24) is 4.57 Å². The summed E-state index contributed by atoms with van der Waals surface area (Å²) in [5, 5.41) is 17.3. The molecule has 0 fully saturated rings. The van der Waals surface area contributed by atoms with Crippen molar-refractivity contribution in [3.05, 3.63) is 81.4 Å². The van der Waals surface area contributed by atoms with Gasteiger partial charge in [-0.3, -0.25) is 24.0 Å². The van der Waals surface area contributed by atoms with E-state index >= 15 is 0 Å². The maximum Gasteiger partial charge on any atom is 0.372 e. The number of pyridine rings is 1. The Balaban J connectivity index is 2.15. The summed E-state index contributed by atoms with van der Waals surface area (Å²) in [5.74, 6) is -8.83. The molecule has 11 heteroatoms. The fourth-order valence-corrected chi connectivity index (χ4v) is 3.33. The van der Waals surface area contributed by atoms with Crippen LogP contribution in [0.1, 0.15) is 39.1 Å². The number of carbonyl (C=O) groups is 6. The third kappa shape index (κ3) is 5.58. The van der Waals surface area contributed by atoms with E-state index in [0.29, 0.717) is 5.56 Å². The lowest BCUT2D eigenvalue weighted by atomic mass is 10.00. The molecule has 2 aromatic carbocycles. The number of carbonyl (C=O) groups excluding carboxylic acids is 4. The zero-order chi connectivity index (χ0) is 25.9. The maximum absolute atomic E-state index is 13.3. The molecule has 0 unspecified atom stereocenters. The molecule has 0 amide bonds. The molecular formula is C24H16FNO9. The van der Waals surface area contributed by atoms with Gasteiger partial charge in [-0.25, -0.2) is 14.0 Å². The molecule has 0 atom stereocenters. The second-order valence-corrected chi connectivity index (χ2v) is 7.51. The molecule has 3 rings (SSSR count). The molecule has 0 spiro atoms. The first-order valence-corrected chi connectivity index (χ1v) is 9.98. The minimum Gasteiger partial charge on any atom is -0.475 e. The normalized spacial score (nSPS) is 10.7. The number of rotatable bonds is 10. The summed E-state index contributed by atoms with van der Waals surface area (Å²) in [6.45, 7) is 0.0367. The Morgan fingerprint density at radius 3 is 1.94 bits per heavy atom. The molecule has 0 aliphatic rings. The molecule has 3 aromatic rings. The predicted octanol–water partition coefficient (Wildman–Crippen LogP) is 1.64. The lowest BCUT2D eigenvalue weighted by Gasteiger charge is -2.14. The third-order valence-corrected chi connectivity index (χ3v) is 5.09. The quantitative estimate of drug-likeness (QED) is 0.249. The van der Waals surface area contributed by atoms with E-state index in [1.165, 1.54) is 41.0 Å². The van der Waals surface area contributed by atoms with Gasteiger partial charge in [0, 0.05) is 23.7 Å². The van der Waals surface area contributed by atoms with Gasteiger partial charge in [0.25, 0.3) is 0 Å². The number of Topliss-reactive ketones (excluding diaryl/α,β-unsaturated/α-hetero) is 4. The van der Waals surface area contributed by atoms with E-state index in [4.69, 9.17) is 10.2 Å². The number of hydrogen-bond acceptors (Lipinski definition) is 7. The van der Waals surface area contributed by atoms with Crippen molar-refractivity contribution < 1.29 is 43.4 Å². The Morgan fingerprint density at radius 1 is 0.800 bits per heavy atom. The van der Waals surface area contributed by atoms with Crippen molar-refractivity contribution in [3.8, 4) is 0 Å². The summed E-state index contributed by atoms with van der Waals surface area (Å²) in [6.07, 6.45) is -0.879. The first kappa shape index (κ1) is 24.8. The van der Waals surface area contributed by atoms with Crippen LogP contribution in [-0.2, 0) is 25.7 Å². The van der Waals surface area contributed by atoms with Gasteiger partial charge in [0.1, 0.15) is 5.82 Å². The van der Waals surface area contributed by atoms with E-state index in [-0.39, 0.29) is 23.0 Å². The predicted molar refractivity (Wildman–Crippen MR) is 117 cm³/mol. The monoisotopic (exact) mass is 481 g/mol. The number of benzene rings is 2. The second kappa shape index (κ2) is 10.00. The second-order valence-electron chi connectivity index (χ2n) is 7.51. The first-order chi connectivity index (χ1) is 16.5. The van der Waals surface area contributed by atoms with Crippen molar-refractivity contribution in [2.45, 2.75) is 19.4 Å². The highest BCUT2D eigenvalue weighted by Gasteiger charge is 2.23. The van der Waals surface area contributed by atoms with Crippen LogP contribution in [0.2, 0.25) is 0 Å². The highest BCUT2D eigenvalue weighted by atomic mass is 19.1. The van der Waals surface area contributed by atoms with E-state index in [9.17, 15) is 38.0 Å². The van der Waals surface area contributed by atoms with Crippen molar-refractivity contribution in [1.29, 1.82) is 0 Å². The van der Waals surface area contributed by atoms with Crippen molar-refractivity contribution >= 4 is 46.0 Å². The molecule has 35 heavy (non-hydrogen) atoms. The first-order valence-electron chi connectivity index (χ1n) is 9.98. The number of aromatic nitrogens is 1. The summed E-state index contributed by atoms with van der Waals surface area (Å²) in [7, 11) is 0. The molecule has 178 valence electrons. The SMILES string of the molecule is O=C(O)C(=O)CC(=O)c1ccc2c(c1)c(=O)c(C(=O)CC(=O)C(=O)O)cn2Cc1ccc(F)cc1. The number of aliphatic carboxylic acids is 2. The van der Waals surface area contributed by atoms with Crippen molar-refractivity contribution in [3.63, 3.8) is 0 Å². The Labute approximate surface area is 195 Å². The lowest BCUT2D eigenvalue weighted by Crippen LogP contribution is -2.24. The van der Waals surface area contributed by atoms with E-state index in [1.807, 2.05) is 0 Å². The van der Waals surface area contributed by atoms with Crippen LogP contribution in [0.15, 0.2) is 53.5 Å². The van der Waals surface area contributed by atoms with Gasteiger partial charge in [-0.2, -0.15) is 0 Å². The standard InChI is InChI=1S/C24H16FNO9/c25-14-4-1-12(2-5-14)10-26-11-16(19(28)9-21(30)24(34)35)22(31)15-7-13(3-6-17(15)26)18(27)8-20(29)23(32)33/h1-7,11H,8-10H2,(H,32,33)(H,34,35). The zero-order valence-electron chi connectivity index (χ0n) is 17.8. The van der Waals surface area contributed by atoms with Gasteiger partial charge >= 0.3 is 11.9 Å². The van der Waals surface area contributed by atoms with E-state index in [0.717, 1.165) is 12.3 Å². The number of hydrogen-bond donors (Lipinski definition) is 2. The lowest BCUT2D eigenvalue weighted by molar-refractivity contribution is -0.148. The summed E-state index contributed by atoms with van der Waals surface area (Å²) in [6, 6.07) is 9.05. The van der Waals surface area contributed by atoms with Crippen LogP contribution >= 0.6 is 0 Å². The summed E-state index contributed by atoms with van der Waals surface area (Å²) < 4.78 is 14.7. The van der Waals surface area contributed by atoms with Crippen LogP contribution in [0.4, 0.5) is 4.39 Å². The molecule has 2 N–H and O–H groups in total. The van der Waals surface area contributed by atoms with Crippen LogP contribution in [0.5, 0.6) is 0 Å². The van der Waals surface area contributed by atoms with Gasteiger partial charge in [0.15, 0.2) is 17.0 Å². The summed E-state index contributed by atoms with van der Waals surface area (Å²) >= 11 is 0. The van der Waals surface area contributed by atoms with Gasteiger partial charge < -0.3 is 14.8 Å². The van der Waals surface area contributed by atoms with Gasteiger partial charge in [0.2, 0.25) is 11.6 Å². The van der Waals surface area contributed by atoms with E-state index in [1.54, 1.807) is 0 Å². The molecule has 10 nitrogen and oxygen atoms in total. The smallest absolute Gasteiger partial charge is 0.372 e. The van der Waals surface area contributed by atoms with Crippen LogP contribution in [0.3, 0.4) is 0 Å².